The van der Waals surface area contributed by atoms with Crippen LogP contribution in [0, 0.1) is 17.6 Å². The molecule has 1 aliphatic rings. The Bertz CT molecular complexity index is 344. The third kappa shape index (κ3) is 1.76. The van der Waals surface area contributed by atoms with Crippen LogP contribution in [0.25, 0.3) is 0 Å². The van der Waals surface area contributed by atoms with Crippen molar-refractivity contribution < 1.29 is 13.9 Å². The summed E-state index contributed by atoms with van der Waals surface area (Å²) >= 11 is 0. The van der Waals surface area contributed by atoms with Crippen LogP contribution >= 0.6 is 0 Å². The monoisotopic (exact) mass is 212 g/mol. The number of benzene rings is 1. The van der Waals surface area contributed by atoms with Crippen LogP contribution < -0.4 is 0 Å². The molecule has 3 unspecified atom stereocenters. The first-order valence-electron chi connectivity index (χ1n) is 5.23. The standard InChI is InChI=1S/C12H14F2O/c1-7-8(5-6-11(7)15)12-9(13)3-2-4-10(12)14/h2-4,7-8,11,15H,5-6H2,1H3. The molecule has 0 aromatic heterocycles. The van der Waals surface area contributed by atoms with Gasteiger partial charge in [0.15, 0.2) is 0 Å². The molecule has 1 aliphatic carbocycles. The topological polar surface area (TPSA) is 20.2 Å². The highest BCUT2D eigenvalue weighted by Crippen LogP contribution is 2.41. The molecule has 0 bridgehead atoms. The zero-order valence-electron chi connectivity index (χ0n) is 8.58. The van der Waals surface area contributed by atoms with Crippen molar-refractivity contribution in [3.63, 3.8) is 0 Å². The number of rotatable bonds is 1. The summed E-state index contributed by atoms with van der Waals surface area (Å²) in [6.45, 7) is 1.84. The molecular formula is C12H14F2O. The van der Waals surface area contributed by atoms with Gasteiger partial charge in [0.2, 0.25) is 0 Å². The lowest BCUT2D eigenvalue weighted by Crippen LogP contribution is -2.15. The Morgan fingerprint density at radius 3 is 2.27 bits per heavy atom. The number of halogens is 2. The van der Waals surface area contributed by atoms with E-state index in [2.05, 4.69) is 0 Å². The lowest BCUT2D eigenvalue weighted by molar-refractivity contribution is 0.136. The average molecular weight is 212 g/mol. The molecule has 0 aliphatic heterocycles. The van der Waals surface area contributed by atoms with Crippen LogP contribution in [0.15, 0.2) is 18.2 Å². The lowest BCUT2D eigenvalue weighted by Gasteiger charge is -2.18. The minimum absolute atomic E-state index is 0.0728. The molecule has 1 fully saturated rings. The van der Waals surface area contributed by atoms with Crippen molar-refractivity contribution in [2.75, 3.05) is 0 Å². The highest BCUT2D eigenvalue weighted by molar-refractivity contribution is 5.25. The maximum absolute atomic E-state index is 13.5. The summed E-state index contributed by atoms with van der Waals surface area (Å²) in [6, 6.07) is 3.91. The fourth-order valence-corrected chi connectivity index (χ4v) is 2.42. The molecule has 0 radical (unpaired) electrons. The summed E-state index contributed by atoms with van der Waals surface area (Å²) in [6.07, 6.45) is 0.841. The van der Waals surface area contributed by atoms with Gasteiger partial charge >= 0.3 is 0 Å². The minimum Gasteiger partial charge on any atom is -0.393 e. The smallest absolute Gasteiger partial charge is 0.129 e. The molecule has 15 heavy (non-hydrogen) atoms. The average Bonchev–Trinajstić information content (AvgIpc) is 2.49. The summed E-state index contributed by atoms with van der Waals surface area (Å²) in [7, 11) is 0. The van der Waals surface area contributed by atoms with Crippen molar-refractivity contribution in [2.45, 2.75) is 31.8 Å². The second-order valence-corrected chi connectivity index (χ2v) is 4.25. The SMILES string of the molecule is CC1C(O)CCC1c1c(F)cccc1F. The quantitative estimate of drug-likeness (QED) is 0.759. The lowest BCUT2D eigenvalue weighted by atomic mass is 9.89. The third-order valence-corrected chi connectivity index (χ3v) is 3.39. The van der Waals surface area contributed by atoms with Gasteiger partial charge in [-0.2, -0.15) is 0 Å². The first-order chi connectivity index (χ1) is 7.11. The Balaban J connectivity index is 2.38. The Hall–Kier alpha value is -0.960. The fraction of sp³-hybridized carbons (Fsp3) is 0.500. The van der Waals surface area contributed by atoms with Gasteiger partial charge in [0.1, 0.15) is 11.6 Å². The molecule has 3 atom stereocenters. The molecule has 0 heterocycles. The normalized spacial score (nSPS) is 30.8. The van der Waals surface area contributed by atoms with Crippen LogP contribution in [0.1, 0.15) is 31.2 Å². The van der Waals surface area contributed by atoms with E-state index < -0.39 is 17.7 Å². The van der Waals surface area contributed by atoms with Crippen LogP contribution in [0.2, 0.25) is 0 Å². The van der Waals surface area contributed by atoms with Gasteiger partial charge in [-0.05, 0) is 36.8 Å². The van der Waals surface area contributed by atoms with Gasteiger partial charge < -0.3 is 5.11 Å². The number of hydrogen-bond donors (Lipinski definition) is 1. The van der Waals surface area contributed by atoms with Gasteiger partial charge in [-0.3, -0.25) is 0 Å². The first kappa shape index (κ1) is 10.6. The fourth-order valence-electron chi connectivity index (χ4n) is 2.42. The number of hydrogen-bond acceptors (Lipinski definition) is 1. The summed E-state index contributed by atoms with van der Waals surface area (Å²) in [5.74, 6) is -1.26. The van der Waals surface area contributed by atoms with Crippen LogP contribution in [0.5, 0.6) is 0 Å². The maximum Gasteiger partial charge on any atom is 0.129 e. The predicted molar refractivity (Wildman–Crippen MR) is 53.5 cm³/mol. The van der Waals surface area contributed by atoms with E-state index in [-0.39, 0.29) is 17.4 Å². The largest absolute Gasteiger partial charge is 0.393 e. The summed E-state index contributed by atoms with van der Waals surface area (Å²) in [4.78, 5) is 0. The summed E-state index contributed by atoms with van der Waals surface area (Å²) in [5, 5.41) is 9.57. The van der Waals surface area contributed by atoms with E-state index in [9.17, 15) is 13.9 Å². The van der Waals surface area contributed by atoms with E-state index in [1.807, 2.05) is 6.92 Å². The highest BCUT2D eigenvalue weighted by atomic mass is 19.1. The van der Waals surface area contributed by atoms with Crippen molar-refractivity contribution in [2.24, 2.45) is 5.92 Å². The molecule has 0 saturated heterocycles. The number of aliphatic hydroxyl groups excluding tert-OH is 1. The van der Waals surface area contributed by atoms with Crippen LogP contribution in [-0.2, 0) is 0 Å². The molecule has 0 amide bonds. The van der Waals surface area contributed by atoms with E-state index in [1.54, 1.807) is 0 Å². The molecule has 82 valence electrons. The molecule has 1 aromatic rings. The van der Waals surface area contributed by atoms with E-state index in [4.69, 9.17) is 0 Å². The van der Waals surface area contributed by atoms with Gasteiger partial charge in [0, 0.05) is 5.56 Å². The first-order valence-corrected chi connectivity index (χ1v) is 5.23. The molecular weight excluding hydrogens is 198 g/mol. The van der Waals surface area contributed by atoms with E-state index in [0.29, 0.717) is 12.8 Å². The van der Waals surface area contributed by atoms with Crippen molar-refractivity contribution in [3.05, 3.63) is 35.4 Å². The van der Waals surface area contributed by atoms with E-state index in [1.165, 1.54) is 18.2 Å². The predicted octanol–water partition coefficient (Wildman–Crippen LogP) is 2.84. The van der Waals surface area contributed by atoms with Crippen LogP contribution in [0.4, 0.5) is 8.78 Å². The Kier molecular flexibility index (Phi) is 2.74. The zero-order chi connectivity index (χ0) is 11.0. The van der Waals surface area contributed by atoms with Crippen molar-refractivity contribution in [3.8, 4) is 0 Å². The molecule has 1 nitrogen and oxygen atoms in total. The molecule has 1 saturated carbocycles. The second kappa shape index (κ2) is 3.89. The molecule has 3 heteroatoms. The number of aliphatic hydroxyl groups is 1. The van der Waals surface area contributed by atoms with Gasteiger partial charge in [0.25, 0.3) is 0 Å². The zero-order valence-corrected chi connectivity index (χ0v) is 8.58. The van der Waals surface area contributed by atoms with Crippen LogP contribution in [-0.4, -0.2) is 11.2 Å². The van der Waals surface area contributed by atoms with Gasteiger partial charge in [0.05, 0.1) is 6.10 Å². The van der Waals surface area contributed by atoms with Crippen molar-refractivity contribution >= 4 is 0 Å². The highest BCUT2D eigenvalue weighted by Gasteiger charge is 2.35. The minimum atomic E-state index is -0.499. The Morgan fingerprint density at radius 1 is 1.20 bits per heavy atom. The van der Waals surface area contributed by atoms with Crippen molar-refractivity contribution in [1.82, 2.24) is 0 Å². The maximum atomic E-state index is 13.5. The van der Waals surface area contributed by atoms with Crippen molar-refractivity contribution in [1.29, 1.82) is 0 Å². The molecule has 2 rings (SSSR count). The van der Waals surface area contributed by atoms with E-state index >= 15 is 0 Å². The van der Waals surface area contributed by atoms with Gasteiger partial charge in [-0.25, -0.2) is 8.78 Å². The van der Waals surface area contributed by atoms with Gasteiger partial charge in [-0.1, -0.05) is 13.0 Å². The Morgan fingerprint density at radius 2 is 1.80 bits per heavy atom. The van der Waals surface area contributed by atoms with Gasteiger partial charge in [-0.15, -0.1) is 0 Å². The third-order valence-electron chi connectivity index (χ3n) is 3.39. The second-order valence-electron chi connectivity index (χ2n) is 4.25. The summed E-state index contributed by atoms with van der Waals surface area (Å²) in [5.41, 5.74) is 0.140. The molecule has 0 spiro atoms. The Labute approximate surface area is 87.7 Å². The van der Waals surface area contributed by atoms with E-state index in [0.717, 1.165) is 0 Å². The molecule has 1 N–H and O–H groups in total. The molecule has 1 aromatic carbocycles. The van der Waals surface area contributed by atoms with Crippen LogP contribution in [0.3, 0.4) is 0 Å². The summed E-state index contributed by atoms with van der Waals surface area (Å²) < 4.78 is 27.0.